The van der Waals surface area contributed by atoms with Crippen LogP contribution in [0.5, 0.6) is 11.5 Å². The number of nitrogens with zero attached hydrogens (tertiary/aromatic N) is 5. The van der Waals surface area contributed by atoms with Crippen molar-refractivity contribution in [3.8, 4) is 11.5 Å². The maximum absolute atomic E-state index is 13.9. The molecule has 2 atom stereocenters. The summed E-state index contributed by atoms with van der Waals surface area (Å²) >= 11 is 2.20. The van der Waals surface area contributed by atoms with E-state index >= 15 is 0 Å². The number of ether oxygens (including phenoxy) is 2. The van der Waals surface area contributed by atoms with Crippen LogP contribution in [0.1, 0.15) is 30.6 Å². The van der Waals surface area contributed by atoms with Crippen molar-refractivity contribution < 1.29 is 28.7 Å². The molecule has 2 aliphatic heterocycles. The molecule has 2 saturated heterocycles. The summed E-state index contributed by atoms with van der Waals surface area (Å²) in [5.74, 6) is 0.209. The minimum atomic E-state index is -1.02. The highest BCUT2D eigenvalue weighted by Gasteiger charge is 2.41. The van der Waals surface area contributed by atoms with Gasteiger partial charge < -0.3 is 24.6 Å². The molecule has 15 heteroatoms. The number of carbonyl (C=O) groups is 4. The first-order valence-corrected chi connectivity index (χ1v) is 17.9. The Labute approximate surface area is 293 Å². The van der Waals surface area contributed by atoms with Gasteiger partial charge in [-0.05, 0) is 18.6 Å². The Kier molecular flexibility index (Phi) is 11.8. The fraction of sp³-hybridized carbons (Fsp3) is 0.382. The van der Waals surface area contributed by atoms with Crippen molar-refractivity contribution in [3.05, 3.63) is 60.2 Å². The Bertz CT molecular complexity index is 1760. The molecule has 0 radical (unpaired) electrons. The maximum Gasteiger partial charge on any atom is 0.259 e. The largest absolute Gasteiger partial charge is 0.493 e. The number of carbonyl (C=O) groups excluding carboxylic acids is 4. The van der Waals surface area contributed by atoms with E-state index in [-0.39, 0.29) is 34.2 Å². The molecule has 0 spiro atoms. The molecular formula is C34H39N7O6S2. The van der Waals surface area contributed by atoms with Gasteiger partial charge in [0.1, 0.15) is 11.7 Å². The minimum Gasteiger partial charge on any atom is -0.493 e. The molecule has 1 aromatic heterocycles. The van der Waals surface area contributed by atoms with Gasteiger partial charge in [0.05, 0.1) is 25.5 Å². The first-order valence-electron chi connectivity index (χ1n) is 15.8. The summed E-state index contributed by atoms with van der Waals surface area (Å²) < 4.78 is 11.0. The average molecular weight is 706 g/mol. The zero-order valence-corrected chi connectivity index (χ0v) is 29.4. The van der Waals surface area contributed by atoms with Crippen LogP contribution in [0.15, 0.2) is 54.6 Å². The van der Waals surface area contributed by atoms with Crippen LogP contribution < -0.4 is 19.7 Å². The molecule has 13 nitrogen and oxygen atoms in total. The fourth-order valence-electron chi connectivity index (χ4n) is 5.36. The quantitative estimate of drug-likeness (QED) is 0.274. The van der Waals surface area contributed by atoms with E-state index in [0.717, 1.165) is 18.2 Å². The Morgan fingerprint density at radius 1 is 1.06 bits per heavy atom. The van der Waals surface area contributed by atoms with Gasteiger partial charge >= 0.3 is 0 Å². The van der Waals surface area contributed by atoms with Gasteiger partial charge in [-0.25, -0.2) is 4.98 Å². The summed E-state index contributed by atoms with van der Waals surface area (Å²) in [4.78, 5) is 67.1. The average Bonchev–Trinajstić information content (AvgIpc) is 3.53. The molecule has 3 heterocycles. The lowest BCUT2D eigenvalue weighted by Gasteiger charge is -2.34. The smallest absolute Gasteiger partial charge is 0.259 e. The number of benzene rings is 2. The molecular weight excluding hydrogens is 667 g/mol. The normalized spacial score (nSPS) is 17.0. The van der Waals surface area contributed by atoms with E-state index in [1.165, 1.54) is 30.9 Å². The molecule has 3 amide bonds. The van der Waals surface area contributed by atoms with Crippen LogP contribution in [0.2, 0.25) is 0 Å². The van der Waals surface area contributed by atoms with Gasteiger partial charge in [0.25, 0.3) is 5.91 Å². The number of amides is 3. The van der Waals surface area contributed by atoms with Crippen LogP contribution in [0.25, 0.3) is 10.9 Å². The van der Waals surface area contributed by atoms with Gasteiger partial charge in [0.2, 0.25) is 22.9 Å². The molecule has 2 unspecified atom stereocenters. The number of allylic oxidation sites excluding steroid dienone is 1. The lowest BCUT2D eigenvalue weighted by Crippen LogP contribution is -2.49. The number of aromatic nitrogens is 2. The highest BCUT2D eigenvalue weighted by Crippen LogP contribution is 2.36. The highest BCUT2D eigenvalue weighted by atomic mass is 32.2. The van der Waals surface area contributed by atoms with Gasteiger partial charge in [-0.1, -0.05) is 62.0 Å². The standard InChI is InChI=1S/C34H39N7O6S2/c1-5-6-12-28(42)39-13-15-40(16-14-39)34-36-24-18-26(47-4)25(46-3)17-23(24)29(38-34)37-30(43)32-41(27(35)20-48-32)31(44)21(2)19-49-33(45)22-10-8-7-9-11-22/h6-12,17-18,21,32,35H,5,13-16,19-20H2,1-4H3,(H,36,37,38,43). The van der Waals surface area contributed by atoms with Crippen molar-refractivity contribution in [1.82, 2.24) is 19.8 Å². The van der Waals surface area contributed by atoms with Crippen molar-refractivity contribution in [2.24, 2.45) is 5.92 Å². The van der Waals surface area contributed by atoms with Gasteiger partial charge in [-0.3, -0.25) is 29.5 Å². The van der Waals surface area contributed by atoms with E-state index in [2.05, 4.69) is 5.32 Å². The van der Waals surface area contributed by atoms with Crippen LogP contribution in [0.4, 0.5) is 11.8 Å². The number of nitrogens with one attached hydrogen (secondary N) is 2. The minimum absolute atomic E-state index is 0.0159. The van der Waals surface area contributed by atoms with E-state index in [1.54, 1.807) is 54.3 Å². The number of methoxy groups -OCH3 is 2. The van der Waals surface area contributed by atoms with E-state index in [9.17, 15) is 19.2 Å². The van der Waals surface area contributed by atoms with Crippen LogP contribution in [-0.4, -0.2) is 106 Å². The van der Waals surface area contributed by atoms with Crippen molar-refractivity contribution >= 4 is 74.9 Å². The third kappa shape index (κ3) is 8.16. The molecule has 0 bridgehead atoms. The summed E-state index contributed by atoms with van der Waals surface area (Å²) in [6.45, 7) is 5.59. The molecule has 0 saturated carbocycles. The topological polar surface area (TPSA) is 158 Å². The Hall–Kier alpha value is -4.63. The van der Waals surface area contributed by atoms with Gasteiger partial charge in [0.15, 0.2) is 16.9 Å². The summed E-state index contributed by atoms with van der Waals surface area (Å²) in [6, 6.07) is 12.2. The Morgan fingerprint density at radius 2 is 1.76 bits per heavy atom. The van der Waals surface area contributed by atoms with E-state index in [0.29, 0.717) is 60.1 Å². The first kappa shape index (κ1) is 35.7. The van der Waals surface area contributed by atoms with Crippen molar-refractivity contribution in [3.63, 3.8) is 0 Å². The summed E-state index contributed by atoms with van der Waals surface area (Å²) in [5, 5.41) is 10.7. The molecule has 0 aliphatic carbocycles. The fourth-order valence-corrected chi connectivity index (χ4v) is 7.25. The number of rotatable bonds is 11. The molecule has 5 rings (SSSR count). The monoisotopic (exact) mass is 705 g/mol. The van der Waals surface area contributed by atoms with Crippen LogP contribution in [0.3, 0.4) is 0 Å². The first-order chi connectivity index (χ1) is 23.6. The number of amidine groups is 1. The van der Waals surface area contributed by atoms with E-state index < -0.39 is 23.1 Å². The zero-order valence-electron chi connectivity index (χ0n) is 27.8. The maximum atomic E-state index is 13.9. The third-order valence-corrected chi connectivity index (χ3v) is 10.4. The predicted molar refractivity (Wildman–Crippen MR) is 193 cm³/mol. The number of anilines is 2. The Balaban J connectivity index is 1.36. The molecule has 2 N–H and O–H groups in total. The number of fused-ring (bicyclic) bond motifs is 1. The number of hydrogen-bond acceptors (Lipinski definition) is 12. The molecule has 2 aliphatic rings. The lowest BCUT2D eigenvalue weighted by atomic mass is 10.1. The summed E-state index contributed by atoms with van der Waals surface area (Å²) in [7, 11) is 3.03. The van der Waals surface area contributed by atoms with E-state index in [4.69, 9.17) is 24.9 Å². The summed E-state index contributed by atoms with van der Waals surface area (Å²) in [5.41, 5.74) is 1.04. The number of thioether (sulfide) groups is 2. The van der Waals surface area contributed by atoms with Crippen molar-refractivity contribution in [2.45, 2.75) is 25.6 Å². The highest BCUT2D eigenvalue weighted by molar-refractivity contribution is 8.14. The van der Waals surface area contributed by atoms with Crippen LogP contribution >= 0.6 is 23.5 Å². The Morgan fingerprint density at radius 3 is 2.43 bits per heavy atom. The van der Waals surface area contributed by atoms with Gasteiger partial charge in [-0.2, -0.15) is 4.98 Å². The number of piperazine rings is 1. The molecule has 258 valence electrons. The second-order valence-corrected chi connectivity index (χ2v) is 13.5. The predicted octanol–water partition coefficient (Wildman–Crippen LogP) is 4.29. The molecule has 49 heavy (non-hydrogen) atoms. The third-order valence-electron chi connectivity index (χ3n) is 8.06. The van der Waals surface area contributed by atoms with E-state index in [1.807, 2.05) is 24.0 Å². The zero-order chi connectivity index (χ0) is 35.1. The van der Waals surface area contributed by atoms with Crippen LogP contribution in [-0.2, 0) is 14.4 Å². The molecule has 3 aromatic rings. The second-order valence-electron chi connectivity index (χ2n) is 11.4. The number of hydrogen-bond donors (Lipinski definition) is 2. The second kappa shape index (κ2) is 16.2. The lowest BCUT2D eigenvalue weighted by molar-refractivity contribution is -0.133. The van der Waals surface area contributed by atoms with Crippen molar-refractivity contribution in [1.29, 1.82) is 5.41 Å². The van der Waals surface area contributed by atoms with Crippen LogP contribution in [0, 0.1) is 11.3 Å². The summed E-state index contributed by atoms with van der Waals surface area (Å²) in [6.07, 6.45) is 4.21. The van der Waals surface area contributed by atoms with Gasteiger partial charge in [-0.15, -0.1) is 11.8 Å². The van der Waals surface area contributed by atoms with Gasteiger partial charge in [0, 0.05) is 54.9 Å². The van der Waals surface area contributed by atoms with Crippen molar-refractivity contribution in [2.75, 3.05) is 62.1 Å². The molecule has 2 fully saturated rings. The SMILES string of the molecule is CCC=CC(=O)N1CCN(c2nc(NC(=O)C3SCC(=N)N3C(=O)C(C)CSC(=O)c3ccccc3)c3cc(OC)c(OC)cc3n2)CC1. The molecule has 2 aromatic carbocycles.